The van der Waals surface area contributed by atoms with Crippen LogP contribution in [-0.4, -0.2) is 74.6 Å². The van der Waals surface area contributed by atoms with Crippen LogP contribution in [-0.2, 0) is 21.8 Å². The molecule has 0 saturated carbocycles. The zero-order valence-electron chi connectivity index (χ0n) is 27.7. The van der Waals surface area contributed by atoms with Gasteiger partial charge in [0.2, 0.25) is 5.79 Å². The quantitative estimate of drug-likeness (QED) is 0.153. The first-order valence-electron chi connectivity index (χ1n) is 16.5. The predicted molar refractivity (Wildman–Crippen MR) is 195 cm³/mol. The zero-order valence-corrected chi connectivity index (χ0v) is 29.2. The highest BCUT2D eigenvalue weighted by Gasteiger charge is 2.45. The van der Waals surface area contributed by atoms with Crippen LogP contribution in [0.3, 0.4) is 0 Å². The van der Waals surface area contributed by atoms with Gasteiger partial charge in [0.05, 0.1) is 29.0 Å². The molecule has 270 valence electrons. The van der Waals surface area contributed by atoms with E-state index in [4.69, 9.17) is 37.4 Å². The number of hydrogen-bond acceptors (Lipinski definition) is 9. The van der Waals surface area contributed by atoms with E-state index >= 15 is 4.39 Å². The summed E-state index contributed by atoms with van der Waals surface area (Å²) in [4.78, 5) is 21.1. The van der Waals surface area contributed by atoms with Gasteiger partial charge in [-0.05, 0) is 61.9 Å². The third kappa shape index (κ3) is 7.62. The normalized spacial score (nSPS) is 19.6. The average Bonchev–Trinajstić information content (AvgIpc) is 3.88. The number of rotatable bonds is 11. The van der Waals surface area contributed by atoms with Crippen molar-refractivity contribution in [2.75, 3.05) is 49.2 Å². The van der Waals surface area contributed by atoms with Crippen molar-refractivity contribution < 1.29 is 18.6 Å². The molecule has 0 radical (unpaired) electrons. The summed E-state index contributed by atoms with van der Waals surface area (Å²) < 4.78 is 38.6. The Morgan fingerprint density at radius 3 is 2.41 bits per heavy atom. The molecule has 7 rings (SSSR count). The Balaban J connectivity index is 0.00000448. The Bertz CT molecular complexity index is 1980. The Morgan fingerprint density at radius 1 is 0.980 bits per heavy atom. The fourth-order valence-corrected chi connectivity index (χ4v) is 6.85. The molecule has 12 nitrogen and oxygen atoms in total. The number of anilines is 2. The third-order valence-corrected chi connectivity index (χ3v) is 9.75. The largest absolute Gasteiger partial charge is 0.491 e. The van der Waals surface area contributed by atoms with Crippen molar-refractivity contribution in [3.63, 3.8) is 0 Å². The van der Waals surface area contributed by atoms with Crippen LogP contribution in [0.1, 0.15) is 39.3 Å². The van der Waals surface area contributed by atoms with Crippen molar-refractivity contribution in [3.8, 4) is 11.4 Å². The summed E-state index contributed by atoms with van der Waals surface area (Å²) in [5.41, 5.74) is 2.39. The maximum atomic E-state index is 15.3. The van der Waals surface area contributed by atoms with Crippen LogP contribution < -0.4 is 20.2 Å². The van der Waals surface area contributed by atoms with E-state index in [9.17, 15) is 4.79 Å². The smallest absolute Gasteiger partial charge is 0.350 e. The van der Waals surface area contributed by atoms with Crippen LogP contribution >= 0.6 is 23.2 Å². The van der Waals surface area contributed by atoms with Gasteiger partial charge in [0.1, 0.15) is 49.8 Å². The van der Waals surface area contributed by atoms with E-state index in [0.29, 0.717) is 52.4 Å². The van der Waals surface area contributed by atoms with Crippen molar-refractivity contribution in [1.82, 2.24) is 29.1 Å². The van der Waals surface area contributed by atoms with Gasteiger partial charge in [-0.3, -0.25) is 0 Å². The van der Waals surface area contributed by atoms with E-state index in [0.717, 1.165) is 25.2 Å². The molecule has 5 aromatic rings. The van der Waals surface area contributed by atoms with Gasteiger partial charge in [0.25, 0.3) is 0 Å². The van der Waals surface area contributed by atoms with Crippen molar-refractivity contribution in [1.29, 1.82) is 0 Å². The Kier molecular flexibility index (Phi) is 11.0. The maximum Gasteiger partial charge on any atom is 0.350 e. The summed E-state index contributed by atoms with van der Waals surface area (Å²) in [6.07, 6.45) is 4.90. The van der Waals surface area contributed by atoms with E-state index in [2.05, 4.69) is 20.1 Å². The van der Waals surface area contributed by atoms with E-state index in [1.54, 1.807) is 41.3 Å². The highest BCUT2D eigenvalue weighted by molar-refractivity contribution is 6.35. The molecule has 0 N–H and O–H groups in total. The Morgan fingerprint density at radius 2 is 1.73 bits per heavy atom. The Hall–Kier alpha value is -4.43. The van der Waals surface area contributed by atoms with E-state index in [1.807, 2.05) is 43.0 Å². The van der Waals surface area contributed by atoms with E-state index < -0.39 is 5.79 Å². The van der Waals surface area contributed by atoms with Crippen LogP contribution in [0.15, 0.2) is 84.4 Å². The number of piperazine rings is 1. The van der Waals surface area contributed by atoms with Crippen LogP contribution in [0, 0.1) is 5.82 Å². The molecule has 4 heterocycles. The lowest BCUT2D eigenvalue weighted by Gasteiger charge is -2.37. The summed E-state index contributed by atoms with van der Waals surface area (Å²) in [6, 6.07) is 18.0. The van der Waals surface area contributed by atoms with Gasteiger partial charge < -0.3 is 24.0 Å². The van der Waals surface area contributed by atoms with Crippen molar-refractivity contribution in [2.45, 2.75) is 52.2 Å². The van der Waals surface area contributed by atoms with Gasteiger partial charge in [-0.1, -0.05) is 43.6 Å². The molecule has 0 bridgehead atoms. The summed E-state index contributed by atoms with van der Waals surface area (Å²) in [7, 11) is 0. The monoisotopic (exact) mass is 738 g/mol. The van der Waals surface area contributed by atoms with Gasteiger partial charge in [-0.25, -0.2) is 28.1 Å². The minimum absolute atomic E-state index is 0. The lowest BCUT2D eigenvalue weighted by atomic mass is 10.1. The van der Waals surface area contributed by atoms with Gasteiger partial charge in [0, 0.05) is 48.5 Å². The lowest BCUT2D eigenvalue weighted by Crippen LogP contribution is -2.46. The van der Waals surface area contributed by atoms with Gasteiger partial charge in [-0.15, -0.1) is 0 Å². The minimum atomic E-state index is -1.18. The summed E-state index contributed by atoms with van der Waals surface area (Å²) in [5.74, 6) is -0.855. The number of hydrogen-bond donors (Lipinski definition) is 0. The first-order chi connectivity index (χ1) is 24.2. The van der Waals surface area contributed by atoms with E-state index in [1.165, 1.54) is 28.0 Å². The number of nitrogens with zero attached hydrogens (tertiary/aromatic N) is 8. The van der Waals surface area contributed by atoms with Crippen molar-refractivity contribution in [3.05, 3.63) is 112 Å². The summed E-state index contributed by atoms with van der Waals surface area (Å²) >= 11 is 12.7. The molecule has 2 fully saturated rings. The number of halogens is 3. The van der Waals surface area contributed by atoms with Crippen LogP contribution in [0.5, 0.6) is 5.75 Å². The maximum absolute atomic E-state index is 15.3. The molecular formula is C36H41Cl2FN8O4. The molecule has 3 aromatic carbocycles. The van der Waals surface area contributed by atoms with Gasteiger partial charge in [0.15, 0.2) is 0 Å². The number of aromatic nitrogens is 6. The molecule has 0 amide bonds. The predicted octanol–water partition coefficient (Wildman–Crippen LogP) is 6.35. The molecule has 2 aliphatic heterocycles. The first kappa shape index (κ1) is 36.4. The SMILES string of the molecule is C.CCC(C)n1ncn(-c2ccc(N3CCN(c4ccc(OCC5COC(Cn6cncn6)(c6ccc(Cl)cc6Cl)O5)cc4)CC3)c(F)c2)c1=O. The molecule has 0 aliphatic carbocycles. The second-order valence-electron chi connectivity index (χ2n) is 12.4. The average molecular weight is 740 g/mol. The molecule has 3 unspecified atom stereocenters. The molecule has 2 aromatic heterocycles. The summed E-state index contributed by atoms with van der Waals surface area (Å²) in [6.45, 7) is 7.46. The molecule has 3 atom stereocenters. The first-order valence-corrected chi connectivity index (χ1v) is 17.3. The molecule has 15 heteroatoms. The zero-order chi connectivity index (χ0) is 34.8. The number of ether oxygens (including phenoxy) is 3. The minimum Gasteiger partial charge on any atom is -0.491 e. The fourth-order valence-electron chi connectivity index (χ4n) is 6.30. The second kappa shape index (κ2) is 15.4. The highest BCUT2D eigenvalue weighted by atomic mass is 35.5. The highest BCUT2D eigenvalue weighted by Crippen LogP contribution is 2.40. The van der Waals surface area contributed by atoms with Crippen LogP contribution in [0.4, 0.5) is 15.8 Å². The molecule has 2 saturated heterocycles. The van der Waals surface area contributed by atoms with Crippen LogP contribution in [0.2, 0.25) is 10.0 Å². The third-order valence-electron chi connectivity index (χ3n) is 9.21. The topological polar surface area (TPSA) is 105 Å². The lowest BCUT2D eigenvalue weighted by molar-refractivity contribution is -0.190. The molecule has 51 heavy (non-hydrogen) atoms. The molecule has 2 aliphatic rings. The molecular weight excluding hydrogens is 698 g/mol. The van der Waals surface area contributed by atoms with Gasteiger partial charge in [-0.2, -0.15) is 10.2 Å². The van der Waals surface area contributed by atoms with E-state index in [-0.39, 0.29) is 44.2 Å². The summed E-state index contributed by atoms with van der Waals surface area (Å²) in [5, 5.41) is 9.37. The molecule has 0 spiro atoms. The fraction of sp³-hybridized carbons (Fsp3) is 0.389. The number of benzene rings is 3. The van der Waals surface area contributed by atoms with Gasteiger partial charge >= 0.3 is 5.69 Å². The second-order valence-corrected chi connectivity index (χ2v) is 13.3. The van der Waals surface area contributed by atoms with Crippen molar-refractivity contribution in [2.24, 2.45) is 0 Å². The van der Waals surface area contributed by atoms with Crippen molar-refractivity contribution >= 4 is 34.6 Å². The standard InChI is InChI=1S/C35H37Cl2FN8O4.CH4/c1-3-24(2)46-34(47)45(23-41-46)27-7-11-33(32(38)17-27)43-14-12-42(13-15-43)26-5-8-28(9-6-26)48-18-29-19-49-35(50-29,20-44-22-39-21-40-44)30-10-4-25(36)16-31(30)37;/h4-11,16-17,21-24,29H,3,12-15,18-20H2,1-2H3;1H4. The Labute approximate surface area is 305 Å². The van der Waals surface area contributed by atoms with Crippen LogP contribution in [0.25, 0.3) is 5.69 Å².